The zero-order chi connectivity index (χ0) is 12.6. The molecule has 90 valence electrons. The highest BCUT2D eigenvalue weighted by atomic mass is 16.6. The standard InChI is InChI=1S/C10H15NO5/c1-4-15-8(12)5-6-9(13)16-10(14)7-11(2)3/h5-6H,4,7H2,1-3H3/b6-5+. The van der Waals surface area contributed by atoms with E-state index in [1.807, 2.05) is 0 Å². The van der Waals surface area contributed by atoms with E-state index in [0.717, 1.165) is 12.2 Å². The first kappa shape index (κ1) is 14.3. The molecule has 0 aliphatic rings. The van der Waals surface area contributed by atoms with E-state index in [9.17, 15) is 14.4 Å². The van der Waals surface area contributed by atoms with Gasteiger partial charge in [-0.2, -0.15) is 0 Å². The minimum absolute atomic E-state index is 0.00101. The molecule has 6 heteroatoms. The Hall–Kier alpha value is -1.69. The third-order valence-corrected chi connectivity index (χ3v) is 1.30. The van der Waals surface area contributed by atoms with Crippen LogP contribution in [0.4, 0.5) is 0 Å². The number of rotatable bonds is 5. The maximum atomic E-state index is 11.0. The average molecular weight is 229 g/mol. The summed E-state index contributed by atoms with van der Waals surface area (Å²) in [6.07, 6.45) is 1.76. The average Bonchev–Trinajstić information content (AvgIpc) is 2.13. The summed E-state index contributed by atoms with van der Waals surface area (Å²) in [6.45, 7) is 1.86. The SMILES string of the molecule is CCOC(=O)/C=C/C(=O)OC(=O)CN(C)C. The maximum Gasteiger partial charge on any atom is 0.338 e. The van der Waals surface area contributed by atoms with E-state index in [4.69, 9.17) is 0 Å². The topological polar surface area (TPSA) is 72.9 Å². The van der Waals surface area contributed by atoms with Gasteiger partial charge in [-0.1, -0.05) is 0 Å². The van der Waals surface area contributed by atoms with Crippen molar-refractivity contribution in [3.05, 3.63) is 12.2 Å². The van der Waals surface area contributed by atoms with Crippen molar-refractivity contribution in [1.29, 1.82) is 0 Å². The predicted molar refractivity (Wildman–Crippen MR) is 55.4 cm³/mol. The van der Waals surface area contributed by atoms with Crippen LogP contribution >= 0.6 is 0 Å². The molecule has 0 aromatic carbocycles. The van der Waals surface area contributed by atoms with Crippen molar-refractivity contribution in [2.45, 2.75) is 6.92 Å². The van der Waals surface area contributed by atoms with Gasteiger partial charge < -0.3 is 9.47 Å². The van der Waals surface area contributed by atoms with Crippen molar-refractivity contribution in [3.63, 3.8) is 0 Å². The third-order valence-electron chi connectivity index (χ3n) is 1.30. The fourth-order valence-electron chi connectivity index (χ4n) is 0.763. The lowest BCUT2D eigenvalue weighted by Crippen LogP contribution is -2.25. The number of hydrogen-bond acceptors (Lipinski definition) is 6. The van der Waals surface area contributed by atoms with Crippen LogP contribution in [0.25, 0.3) is 0 Å². The highest BCUT2D eigenvalue weighted by molar-refractivity contribution is 5.96. The van der Waals surface area contributed by atoms with Crippen LogP contribution in [0.3, 0.4) is 0 Å². The van der Waals surface area contributed by atoms with Gasteiger partial charge in [-0.15, -0.1) is 0 Å². The summed E-state index contributed by atoms with van der Waals surface area (Å²) < 4.78 is 8.91. The molecule has 0 amide bonds. The summed E-state index contributed by atoms with van der Waals surface area (Å²) >= 11 is 0. The first-order chi connectivity index (χ1) is 7.45. The highest BCUT2D eigenvalue weighted by Gasteiger charge is 2.08. The van der Waals surface area contributed by atoms with Crippen LogP contribution in [-0.2, 0) is 23.9 Å². The molecule has 0 radical (unpaired) electrons. The van der Waals surface area contributed by atoms with Crippen LogP contribution in [0.1, 0.15) is 6.92 Å². The quantitative estimate of drug-likeness (QED) is 0.367. The zero-order valence-electron chi connectivity index (χ0n) is 9.56. The lowest BCUT2D eigenvalue weighted by molar-refractivity contribution is -0.156. The van der Waals surface area contributed by atoms with Gasteiger partial charge in [0.1, 0.15) is 0 Å². The first-order valence-electron chi connectivity index (χ1n) is 4.70. The largest absolute Gasteiger partial charge is 0.463 e. The third kappa shape index (κ3) is 7.69. The maximum absolute atomic E-state index is 11.0. The monoisotopic (exact) mass is 229 g/mol. The molecule has 0 aromatic heterocycles. The molecule has 0 aromatic rings. The summed E-state index contributed by atoms with van der Waals surface area (Å²) in [4.78, 5) is 34.3. The van der Waals surface area contributed by atoms with Gasteiger partial charge in [0.15, 0.2) is 0 Å². The van der Waals surface area contributed by atoms with Crippen molar-refractivity contribution in [2.75, 3.05) is 27.2 Å². The van der Waals surface area contributed by atoms with Gasteiger partial charge in [-0.3, -0.25) is 9.69 Å². The van der Waals surface area contributed by atoms with Gasteiger partial charge in [0, 0.05) is 12.2 Å². The fraction of sp³-hybridized carbons (Fsp3) is 0.500. The van der Waals surface area contributed by atoms with E-state index in [-0.39, 0.29) is 13.2 Å². The van der Waals surface area contributed by atoms with Gasteiger partial charge in [0.2, 0.25) is 0 Å². The van der Waals surface area contributed by atoms with E-state index in [2.05, 4.69) is 9.47 Å². The molecule has 0 unspecified atom stereocenters. The van der Waals surface area contributed by atoms with E-state index in [0.29, 0.717) is 0 Å². The van der Waals surface area contributed by atoms with Gasteiger partial charge in [0.05, 0.1) is 13.2 Å². The minimum Gasteiger partial charge on any atom is -0.463 e. The number of nitrogens with zero attached hydrogens (tertiary/aromatic N) is 1. The normalized spacial score (nSPS) is 10.5. The van der Waals surface area contributed by atoms with E-state index >= 15 is 0 Å². The Morgan fingerprint density at radius 1 is 1.12 bits per heavy atom. The summed E-state index contributed by atoms with van der Waals surface area (Å²) in [5.74, 6) is -2.22. The Labute approximate surface area is 93.8 Å². The summed E-state index contributed by atoms with van der Waals surface area (Å²) in [6, 6.07) is 0. The molecule has 0 bridgehead atoms. The molecule has 0 atom stereocenters. The molecule has 0 spiro atoms. The molecule has 0 aliphatic carbocycles. The van der Waals surface area contributed by atoms with Gasteiger partial charge >= 0.3 is 17.9 Å². The van der Waals surface area contributed by atoms with Crippen LogP contribution in [0.5, 0.6) is 0 Å². The van der Waals surface area contributed by atoms with Crippen molar-refractivity contribution >= 4 is 17.9 Å². The van der Waals surface area contributed by atoms with Crippen molar-refractivity contribution in [1.82, 2.24) is 4.90 Å². The van der Waals surface area contributed by atoms with Crippen LogP contribution in [-0.4, -0.2) is 50.1 Å². The number of ether oxygens (including phenoxy) is 2. The molecule has 0 N–H and O–H groups in total. The summed E-state index contributed by atoms with van der Waals surface area (Å²) in [7, 11) is 3.33. The molecule has 0 heterocycles. The van der Waals surface area contributed by atoms with Crippen molar-refractivity contribution in [2.24, 2.45) is 0 Å². The second-order valence-corrected chi connectivity index (χ2v) is 3.12. The van der Waals surface area contributed by atoms with E-state index < -0.39 is 17.9 Å². The molecule has 6 nitrogen and oxygen atoms in total. The Morgan fingerprint density at radius 2 is 1.69 bits per heavy atom. The van der Waals surface area contributed by atoms with Gasteiger partial charge in [-0.25, -0.2) is 9.59 Å². The Bertz CT molecular complexity index is 296. The number of likely N-dealkylation sites (N-methyl/N-ethyl adjacent to an activating group) is 1. The molecule has 0 aliphatic heterocycles. The molecule has 0 saturated carbocycles. The van der Waals surface area contributed by atoms with Crippen LogP contribution in [0.15, 0.2) is 12.2 Å². The lowest BCUT2D eigenvalue weighted by atomic mass is 10.5. The highest BCUT2D eigenvalue weighted by Crippen LogP contribution is 1.88. The Morgan fingerprint density at radius 3 is 2.19 bits per heavy atom. The second-order valence-electron chi connectivity index (χ2n) is 3.12. The fourth-order valence-corrected chi connectivity index (χ4v) is 0.763. The smallest absolute Gasteiger partial charge is 0.338 e. The van der Waals surface area contributed by atoms with Crippen molar-refractivity contribution < 1.29 is 23.9 Å². The second kappa shape index (κ2) is 7.58. The number of carbonyl (C=O) groups is 3. The predicted octanol–water partition coefficient (Wildman–Crippen LogP) is -0.263. The van der Waals surface area contributed by atoms with Gasteiger partial charge in [0.25, 0.3) is 0 Å². The Balaban J connectivity index is 3.99. The van der Waals surface area contributed by atoms with E-state index in [1.54, 1.807) is 25.9 Å². The zero-order valence-corrected chi connectivity index (χ0v) is 9.56. The molecule has 16 heavy (non-hydrogen) atoms. The van der Waals surface area contributed by atoms with Crippen LogP contribution in [0.2, 0.25) is 0 Å². The Kier molecular flexibility index (Phi) is 6.78. The number of carbonyl (C=O) groups excluding carboxylic acids is 3. The molecule has 0 rings (SSSR count). The molecular weight excluding hydrogens is 214 g/mol. The van der Waals surface area contributed by atoms with Crippen molar-refractivity contribution in [3.8, 4) is 0 Å². The van der Waals surface area contributed by atoms with Crippen LogP contribution in [0, 0.1) is 0 Å². The van der Waals surface area contributed by atoms with E-state index in [1.165, 1.54) is 0 Å². The number of hydrogen-bond donors (Lipinski definition) is 0. The summed E-state index contributed by atoms with van der Waals surface area (Å²) in [5.41, 5.74) is 0. The van der Waals surface area contributed by atoms with Gasteiger partial charge in [-0.05, 0) is 21.0 Å². The molecule has 0 saturated heterocycles. The molecule has 0 fully saturated rings. The summed E-state index contributed by atoms with van der Waals surface area (Å²) in [5, 5.41) is 0. The van der Waals surface area contributed by atoms with Crippen LogP contribution < -0.4 is 0 Å². The molecular formula is C10H15NO5. The lowest BCUT2D eigenvalue weighted by Gasteiger charge is -2.06. The minimum atomic E-state index is -0.889. The number of esters is 3. The first-order valence-corrected chi connectivity index (χ1v) is 4.70.